The van der Waals surface area contributed by atoms with Gasteiger partial charge in [0, 0.05) is 28.2 Å². The van der Waals surface area contributed by atoms with Gasteiger partial charge in [-0.2, -0.15) is 0 Å². The molecule has 0 amide bonds. The van der Waals surface area contributed by atoms with Gasteiger partial charge in [-0.3, -0.25) is 4.98 Å². The van der Waals surface area contributed by atoms with E-state index in [1.165, 1.54) is 0 Å². The Morgan fingerprint density at radius 2 is 1.80 bits per heavy atom. The second-order valence-corrected chi connectivity index (χ2v) is 6.18. The Hall–Kier alpha value is -1.16. The molecule has 0 aliphatic rings. The molecule has 0 N–H and O–H groups in total. The third-order valence-electron chi connectivity index (χ3n) is 1.72. The van der Waals surface area contributed by atoms with Gasteiger partial charge in [-0.05, 0) is 6.07 Å². The zero-order valence-electron chi connectivity index (χ0n) is 9.06. The summed E-state index contributed by atoms with van der Waals surface area (Å²) < 4.78 is 0.192. The highest BCUT2D eigenvalue weighted by Crippen LogP contribution is 2.31. The molecule has 0 bridgehead atoms. The Balaban J connectivity index is 2.39. The molecule has 0 aromatic carbocycles. The Kier molecular flexibility index (Phi) is 2.61. The molecule has 15 heavy (non-hydrogen) atoms. The Morgan fingerprint density at radius 3 is 2.53 bits per heavy atom. The van der Waals surface area contributed by atoms with E-state index in [2.05, 4.69) is 35.7 Å². The van der Waals surface area contributed by atoms with E-state index in [0.717, 1.165) is 10.4 Å². The minimum atomic E-state index is 0.192. The van der Waals surface area contributed by atoms with Crippen molar-refractivity contribution in [2.45, 2.75) is 30.4 Å². The first-order valence-corrected chi connectivity index (χ1v) is 5.62. The van der Waals surface area contributed by atoms with Crippen LogP contribution in [-0.4, -0.2) is 19.7 Å². The van der Waals surface area contributed by atoms with E-state index in [1.54, 1.807) is 24.2 Å². The van der Waals surface area contributed by atoms with E-state index in [4.69, 9.17) is 0 Å². The average molecular weight is 219 g/mol. The van der Waals surface area contributed by atoms with Gasteiger partial charge in [0.2, 0.25) is 0 Å². The van der Waals surface area contributed by atoms with Crippen LogP contribution in [0.1, 0.15) is 20.8 Å². The Bertz CT molecular complexity index is 476. The van der Waals surface area contributed by atoms with Crippen LogP contribution in [0.4, 0.5) is 0 Å². The molecular formula is C11H13N3S. The predicted molar refractivity (Wildman–Crippen MR) is 62.9 cm³/mol. The van der Waals surface area contributed by atoms with E-state index in [9.17, 15) is 0 Å². The fourth-order valence-electron chi connectivity index (χ4n) is 1.25. The summed E-state index contributed by atoms with van der Waals surface area (Å²) in [7, 11) is 0. The zero-order valence-corrected chi connectivity index (χ0v) is 9.88. The highest BCUT2D eigenvalue weighted by atomic mass is 32.2. The lowest BCUT2D eigenvalue weighted by molar-refractivity contribution is 0.802. The molecule has 0 saturated carbocycles. The summed E-state index contributed by atoms with van der Waals surface area (Å²) in [6.07, 6.45) is 5.20. The third kappa shape index (κ3) is 2.65. The number of thioether (sulfide) groups is 1. The third-order valence-corrected chi connectivity index (χ3v) is 2.79. The topological polar surface area (TPSA) is 38.7 Å². The second kappa shape index (κ2) is 3.77. The van der Waals surface area contributed by atoms with Crippen molar-refractivity contribution < 1.29 is 0 Å². The van der Waals surface area contributed by atoms with Crippen molar-refractivity contribution in [2.75, 3.05) is 0 Å². The molecule has 2 heterocycles. The van der Waals surface area contributed by atoms with E-state index < -0.39 is 0 Å². The van der Waals surface area contributed by atoms with E-state index in [1.807, 2.05) is 12.3 Å². The lowest BCUT2D eigenvalue weighted by Gasteiger charge is -2.16. The predicted octanol–water partition coefficient (Wildman–Crippen LogP) is 2.92. The van der Waals surface area contributed by atoms with Crippen LogP contribution >= 0.6 is 11.8 Å². The van der Waals surface area contributed by atoms with E-state index in [-0.39, 0.29) is 4.75 Å². The summed E-state index contributed by atoms with van der Waals surface area (Å²) in [6.45, 7) is 6.54. The van der Waals surface area contributed by atoms with Crippen LogP contribution in [0.5, 0.6) is 0 Å². The van der Waals surface area contributed by atoms with Gasteiger partial charge in [-0.1, -0.05) is 20.8 Å². The van der Waals surface area contributed by atoms with Gasteiger partial charge in [0.15, 0.2) is 5.65 Å². The molecule has 0 atom stereocenters. The first kappa shape index (κ1) is 10.4. The van der Waals surface area contributed by atoms with Crippen LogP contribution in [0.3, 0.4) is 0 Å². The zero-order chi connectivity index (χ0) is 10.9. The normalized spacial score (nSPS) is 11.9. The van der Waals surface area contributed by atoms with Crippen molar-refractivity contribution in [3.63, 3.8) is 0 Å². The smallest absolute Gasteiger partial charge is 0.178 e. The van der Waals surface area contributed by atoms with Crippen LogP contribution in [0.15, 0.2) is 29.6 Å². The number of aromatic nitrogens is 3. The number of rotatable bonds is 1. The molecule has 0 aliphatic carbocycles. The van der Waals surface area contributed by atoms with Gasteiger partial charge >= 0.3 is 0 Å². The Labute approximate surface area is 93.4 Å². The monoisotopic (exact) mass is 219 g/mol. The molecule has 0 unspecified atom stereocenters. The van der Waals surface area contributed by atoms with Crippen molar-refractivity contribution in [2.24, 2.45) is 0 Å². The summed E-state index contributed by atoms with van der Waals surface area (Å²) in [5, 5.41) is 0. The number of nitrogens with zero attached hydrogens (tertiary/aromatic N) is 3. The lowest BCUT2D eigenvalue weighted by atomic mass is 10.3. The van der Waals surface area contributed by atoms with E-state index in [0.29, 0.717) is 5.65 Å². The molecule has 4 heteroatoms. The molecule has 2 aromatic rings. The van der Waals surface area contributed by atoms with Gasteiger partial charge in [0.05, 0.1) is 0 Å². The van der Waals surface area contributed by atoms with Crippen molar-refractivity contribution in [1.29, 1.82) is 0 Å². The van der Waals surface area contributed by atoms with Crippen LogP contribution < -0.4 is 0 Å². The van der Waals surface area contributed by atoms with E-state index >= 15 is 0 Å². The maximum Gasteiger partial charge on any atom is 0.178 e. The summed E-state index contributed by atoms with van der Waals surface area (Å²) >= 11 is 1.79. The standard InChI is InChI=1S/C11H13N3S/c1-11(2,3)15-8-6-9-10(14-7-8)13-5-4-12-9/h4-7H,1-3H3. The van der Waals surface area contributed by atoms with Crippen LogP contribution in [0, 0.1) is 0 Å². The molecular weight excluding hydrogens is 206 g/mol. The first-order chi connectivity index (χ1) is 7.04. The highest BCUT2D eigenvalue weighted by Gasteiger charge is 2.12. The summed E-state index contributed by atoms with van der Waals surface area (Å²) in [5.41, 5.74) is 1.56. The minimum absolute atomic E-state index is 0.192. The summed E-state index contributed by atoms with van der Waals surface area (Å²) in [5.74, 6) is 0. The molecule has 3 nitrogen and oxygen atoms in total. The summed E-state index contributed by atoms with van der Waals surface area (Å²) in [4.78, 5) is 13.8. The number of hydrogen-bond donors (Lipinski definition) is 0. The average Bonchev–Trinajstić information content (AvgIpc) is 2.15. The number of hydrogen-bond acceptors (Lipinski definition) is 4. The van der Waals surface area contributed by atoms with Crippen molar-refractivity contribution in [3.8, 4) is 0 Å². The van der Waals surface area contributed by atoms with Crippen LogP contribution in [0.25, 0.3) is 11.2 Å². The minimum Gasteiger partial charge on any atom is -0.251 e. The quantitative estimate of drug-likeness (QED) is 0.691. The number of pyridine rings is 1. The highest BCUT2D eigenvalue weighted by molar-refractivity contribution is 8.00. The second-order valence-electron chi connectivity index (χ2n) is 4.28. The van der Waals surface area contributed by atoms with Crippen LogP contribution in [0.2, 0.25) is 0 Å². The largest absolute Gasteiger partial charge is 0.251 e. The molecule has 0 aliphatic heterocycles. The maximum atomic E-state index is 4.27. The van der Waals surface area contributed by atoms with Gasteiger partial charge < -0.3 is 0 Å². The SMILES string of the molecule is CC(C)(C)Sc1cnc2nccnc2c1. The van der Waals surface area contributed by atoms with Gasteiger partial charge in [-0.15, -0.1) is 11.8 Å². The lowest BCUT2D eigenvalue weighted by Crippen LogP contribution is -2.06. The first-order valence-electron chi connectivity index (χ1n) is 4.80. The summed E-state index contributed by atoms with van der Waals surface area (Å²) in [6, 6.07) is 2.03. The van der Waals surface area contributed by atoms with Crippen molar-refractivity contribution >= 4 is 22.9 Å². The molecule has 0 fully saturated rings. The molecule has 2 rings (SSSR count). The molecule has 0 saturated heterocycles. The molecule has 0 spiro atoms. The molecule has 2 aromatic heterocycles. The van der Waals surface area contributed by atoms with Gasteiger partial charge in [0.1, 0.15) is 5.52 Å². The van der Waals surface area contributed by atoms with Crippen molar-refractivity contribution in [3.05, 3.63) is 24.7 Å². The number of fused-ring (bicyclic) bond motifs is 1. The molecule has 0 radical (unpaired) electrons. The fraction of sp³-hybridized carbons (Fsp3) is 0.364. The van der Waals surface area contributed by atoms with Crippen LogP contribution in [-0.2, 0) is 0 Å². The van der Waals surface area contributed by atoms with Gasteiger partial charge in [0.25, 0.3) is 0 Å². The Morgan fingerprint density at radius 1 is 1.07 bits per heavy atom. The fourth-order valence-corrected chi connectivity index (χ4v) is 2.23. The van der Waals surface area contributed by atoms with Gasteiger partial charge in [-0.25, -0.2) is 9.97 Å². The molecule has 78 valence electrons. The van der Waals surface area contributed by atoms with Crippen molar-refractivity contribution in [1.82, 2.24) is 15.0 Å². The maximum absolute atomic E-state index is 4.27.